The first-order valence-corrected chi connectivity index (χ1v) is 7.72. The van der Waals surface area contributed by atoms with Crippen molar-refractivity contribution in [3.05, 3.63) is 29.8 Å². The van der Waals surface area contributed by atoms with Gasteiger partial charge in [-0.2, -0.15) is 5.26 Å². The van der Waals surface area contributed by atoms with Crippen molar-refractivity contribution in [1.29, 1.82) is 5.26 Å². The highest BCUT2D eigenvalue weighted by molar-refractivity contribution is 5.49. The smallest absolute Gasteiger partial charge is 0.0992 e. The molecule has 0 amide bonds. The Morgan fingerprint density at radius 3 is 2.90 bits per heavy atom. The van der Waals surface area contributed by atoms with E-state index in [-0.39, 0.29) is 5.60 Å². The first-order chi connectivity index (χ1) is 9.80. The minimum Gasteiger partial charge on any atom is -0.382 e. The van der Waals surface area contributed by atoms with Crippen molar-refractivity contribution in [2.45, 2.75) is 56.7 Å². The third-order valence-electron chi connectivity index (χ3n) is 4.63. The molecule has 1 aromatic carbocycles. The highest BCUT2D eigenvalue weighted by atomic mass is 16.5. The molecule has 2 fully saturated rings. The molecule has 20 heavy (non-hydrogen) atoms. The highest BCUT2D eigenvalue weighted by Crippen LogP contribution is 2.41. The number of nitriles is 1. The summed E-state index contributed by atoms with van der Waals surface area (Å²) in [6, 6.07) is 9.81. The average Bonchev–Trinajstić information content (AvgIpc) is 2.89. The summed E-state index contributed by atoms with van der Waals surface area (Å²) in [5, 5.41) is 12.3. The molecule has 2 aliphatic rings. The van der Waals surface area contributed by atoms with Crippen LogP contribution in [-0.2, 0) is 4.74 Å². The van der Waals surface area contributed by atoms with Gasteiger partial charge in [0.05, 0.1) is 23.3 Å². The summed E-state index contributed by atoms with van der Waals surface area (Å²) in [6.07, 6.45) is 9.20. The van der Waals surface area contributed by atoms with E-state index < -0.39 is 0 Å². The largest absolute Gasteiger partial charge is 0.382 e. The fourth-order valence-corrected chi connectivity index (χ4v) is 3.53. The summed E-state index contributed by atoms with van der Waals surface area (Å²) in [5.74, 6) is 0. The Kier molecular flexibility index (Phi) is 3.93. The summed E-state index contributed by atoms with van der Waals surface area (Å²) in [4.78, 5) is 0. The van der Waals surface area contributed by atoms with Crippen molar-refractivity contribution in [2.75, 3.05) is 11.9 Å². The molecule has 1 spiro atoms. The van der Waals surface area contributed by atoms with Crippen molar-refractivity contribution in [3.8, 4) is 6.07 Å². The van der Waals surface area contributed by atoms with Crippen LogP contribution >= 0.6 is 0 Å². The third-order valence-corrected chi connectivity index (χ3v) is 4.63. The topological polar surface area (TPSA) is 45.0 Å². The maximum atomic E-state index is 8.91. The van der Waals surface area contributed by atoms with Crippen LogP contribution in [0.5, 0.6) is 0 Å². The molecule has 0 bridgehead atoms. The Balaban J connectivity index is 1.53. The van der Waals surface area contributed by atoms with E-state index in [1.807, 2.05) is 24.3 Å². The monoisotopic (exact) mass is 270 g/mol. The van der Waals surface area contributed by atoms with E-state index in [1.165, 1.54) is 38.5 Å². The van der Waals surface area contributed by atoms with Crippen LogP contribution < -0.4 is 5.32 Å². The zero-order chi connectivity index (χ0) is 13.8. The summed E-state index contributed by atoms with van der Waals surface area (Å²) in [7, 11) is 0. The van der Waals surface area contributed by atoms with Gasteiger partial charge in [-0.3, -0.25) is 0 Å². The van der Waals surface area contributed by atoms with Crippen LogP contribution in [0.25, 0.3) is 0 Å². The maximum Gasteiger partial charge on any atom is 0.0992 e. The summed E-state index contributed by atoms with van der Waals surface area (Å²) in [5.41, 5.74) is 1.90. The molecule has 1 unspecified atom stereocenters. The van der Waals surface area contributed by atoms with Crippen molar-refractivity contribution in [3.63, 3.8) is 0 Å². The van der Waals surface area contributed by atoms with Gasteiger partial charge in [-0.25, -0.2) is 0 Å². The molecule has 1 N–H and O–H groups in total. The molecular formula is C17H22N2O. The first-order valence-electron chi connectivity index (χ1n) is 7.72. The van der Waals surface area contributed by atoms with Crippen LogP contribution in [0, 0.1) is 11.3 Å². The lowest BCUT2D eigenvalue weighted by Crippen LogP contribution is -2.33. The van der Waals surface area contributed by atoms with Crippen LogP contribution in [0.1, 0.15) is 50.5 Å². The van der Waals surface area contributed by atoms with E-state index in [9.17, 15) is 0 Å². The van der Waals surface area contributed by atoms with Crippen molar-refractivity contribution in [1.82, 2.24) is 0 Å². The Labute approximate surface area is 120 Å². The molecule has 1 saturated carbocycles. The zero-order valence-electron chi connectivity index (χ0n) is 11.9. The van der Waals surface area contributed by atoms with Crippen LogP contribution in [0.2, 0.25) is 0 Å². The quantitative estimate of drug-likeness (QED) is 0.907. The molecule has 1 aliphatic heterocycles. The van der Waals surface area contributed by atoms with Gasteiger partial charge in [0.2, 0.25) is 0 Å². The van der Waals surface area contributed by atoms with Gasteiger partial charge in [0.15, 0.2) is 0 Å². The van der Waals surface area contributed by atoms with Gasteiger partial charge in [0.25, 0.3) is 0 Å². The van der Waals surface area contributed by atoms with Crippen LogP contribution in [-0.4, -0.2) is 18.2 Å². The summed E-state index contributed by atoms with van der Waals surface area (Å²) in [6.45, 7) is 0.844. The predicted octanol–water partition coefficient (Wildman–Crippen LogP) is 3.85. The van der Waals surface area contributed by atoms with Gasteiger partial charge in [-0.05, 0) is 43.9 Å². The van der Waals surface area contributed by atoms with Gasteiger partial charge >= 0.3 is 0 Å². The Morgan fingerprint density at radius 1 is 1.25 bits per heavy atom. The minimum absolute atomic E-state index is 0.194. The van der Waals surface area contributed by atoms with Crippen LogP contribution in [0.4, 0.5) is 5.69 Å². The number of hydrogen-bond acceptors (Lipinski definition) is 3. The van der Waals surface area contributed by atoms with Gasteiger partial charge in [0.1, 0.15) is 0 Å². The van der Waals surface area contributed by atoms with Gasteiger partial charge in [-0.1, -0.05) is 25.3 Å². The standard InChI is InChI=1S/C17H22N2O/c18-12-14-5-4-6-15(11-14)19-13-16-7-10-17(20-16)8-2-1-3-9-17/h4-6,11,16,19H,1-3,7-10,13H2. The molecule has 1 aliphatic carbocycles. The van der Waals surface area contributed by atoms with Crippen molar-refractivity contribution >= 4 is 5.69 Å². The maximum absolute atomic E-state index is 8.91. The number of anilines is 1. The minimum atomic E-state index is 0.194. The zero-order valence-corrected chi connectivity index (χ0v) is 11.9. The van der Waals surface area contributed by atoms with E-state index in [2.05, 4.69) is 11.4 Å². The molecule has 106 valence electrons. The predicted molar refractivity (Wildman–Crippen MR) is 79.6 cm³/mol. The highest BCUT2D eigenvalue weighted by Gasteiger charge is 2.40. The Hall–Kier alpha value is -1.53. The first kappa shape index (κ1) is 13.5. The lowest BCUT2D eigenvalue weighted by Gasteiger charge is -2.33. The Morgan fingerprint density at radius 2 is 2.10 bits per heavy atom. The van der Waals surface area contributed by atoms with E-state index in [0.717, 1.165) is 18.7 Å². The number of benzene rings is 1. The Bertz CT molecular complexity index is 500. The molecule has 1 aromatic rings. The second kappa shape index (κ2) is 5.85. The molecule has 0 radical (unpaired) electrons. The third kappa shape index (κ3) is 2.96. The second-order valence-electron chi connectivity index (χ2n) is 6.10. The molecule has 1 heterocycles. The molecule has 0 aromatic heterocycles. The second-order valence-corrected chi connectivity index (χ2v) is 6.10. The molecule has 3 heteroatoms. The summed E-state index contributed by atoms with van der Waals surface area (Å²) >= 11 is 0. The van der Waals surface area contributed by atoms with Crippen LogP contribution in [0.3, 0.4) is 0 Å². The number of nitrogens with zero attached hydrogens (tertiary/aromatic N) is 1. The lowest BCUT2D eigenvalue weighted by molar-refractivity contribution is -0.0588. The fourth-order valence-electron chi connectivity index (χ4n) is 3.53. The molecule has 1 atom stereocenters. The lowest BCUT2D eigenvalue weighted by atomic mass is 9.83. The number of hydrogen-bond donors (Lipinski definition) is 1. The van der Waals surface area contributed by atoms with E-state index in [0.29, 0.717) is 11.7 Å². The molecule has 3 nitrogen and oxygen atoms in total. The fraction of sp³-hybridized carbons (Fsp3) is 0.588. The van der Waals surface area contributed by atoms with Crippen molar-refractivity contribution in [2.24, 2.45) is 0 Å². The van der Waals surface area contributed by atoms with E-state index in [1.54, 1.807) is 0 Å². The number of nitrogens with one attached hydrogen (secondary N) is 1. The molecular weight excluding hydrogens is 248 g/mol. The van der Waals surface area contributed by atoms with Gasteiger partial charge in [0, 0.05) is 12.2 Å². The molecule has 1 saturated heterocycles. The number of ether oxygens (including phenoxy) is 1. The molecule has 3 rings (SSSR count). The summed E-state index contributed by atoms with van der Waals surface area (Å²) < 4.78 is 6.34. The van der Waals surface area contributed by atoms with Gasteiger partial charge in [-0.15, -0.1) is 0 Å². The van der Waals surface area contributed by atoms with E-state index in [4.69, 9.17) is 10.00 Å². The van der Waals surface area contributed by atoms with Crippen LogP contribution in [0.15, 0.2) is 24.3 Å². The van der Waals surface area contributed by atoms with Crippen molar-refractivity contribution < 1.29 is 4.74 Å². The number of rotatable bonds is 3. The van der Waals surface area contributed by atoms with E-state index >= 15 is 0 Å². The SMILES string of the molecule is N#Cc1cccc(NCC2CCC3(CCCCC3)O2)c1. The van der Waals surface area contributed by atoms with Gasteiger partial charge < -0.3 is 10.1 Å². The average molecular weight is 270 g/mol. The normalized spacial score (nSPS) is 24.4.